The second kappa shape index (κ2) is 5.99. The van der Waals surface area contributed by atoms with Gasteiger partial charge in [0.1, 0.15) is 0 Å². The molecule has 2 rings (SSSR count). The highest BCUT2D eigenvalue weighted by molar-refractivity contribution is 4.83. The fourth-order valence-corrected chi connectivity index (χ4v) is 3.08. The first kappa shape index (κ1) is 12.3. The zero-order valence-corrected chi connectivity index (χ0v) is 10.5. The second-order valence-electron chi connectivity index (χ2n) is 5.53. The summed E-state index contributed by atoms with van der Waals surface area (Å²) in [5.74, 6) is 0. The molecule has 2 aliphatic rings. The van der Waals surface area contributed by atoms with E-state index in [1.54, 1.807) is 0 Å². The molecule has 0 aromatic heterocycles. The van der Waals surface area contributed by atoms with Gasteiger partial charge in [0, 0.05) is 18.6 Å². The summed E-state index contributed by atoms with van der Waals surface area (Å²) in [4.78, 5) is 2.53. The van der Waals surface area contributed by atoms with E-state index in [0.717, 1.165) is 19.4 Å². The van der Waals surface area contributed by atoms with Crippen LogP contribution >= 0.6 is 0 Å². The maximum atomic E-state index is 9.90. The molecule has 0 aromatic carbocycles. The Morgan fingerprint density at radius 2 is 1.88 bits per heavy atom. The van der Waals surface area contributed by atoms with E-state index in [1.165, 1.54) is 38.8 Å². The van der Waals surface area contributed by atoms with Crippen LogP contribution in [-0.2, 0) is 0 Å². The highest BCUT2D eigenvalue weighted by Crippen LogP contribution is 2.19. The molecule has 94 valence electrons. The van der Waals surface area contributed by atoms with Gasteiger partial charge in [0.15, 0.2) is 0 Å². The maximum absolute atomic E-state index is 9.90. The van der Waals surface area contributed by atoms with E-state index in [2.05, 4.69) is 17.1 Å². The Morgan fingerprint density at radius 1 is 1.19 bits per heavy atom. The van der Waals surface area contributed by atoms with Crippen LogP contribution in [0.4, 0.5) is 0 Å². The molecule has 16 heavy (non-hydrogen) atoms. The average Bonchev–Trinajstić information content (AvgIpc) is 2.74. The largest absolute Gasteiger partial charge is 0.392 e. The van der Waals surface area contributed by atoms with Crippen molar-refractivity contribution >= 4 is 0 Å². The smallest absolute Gasteiger partial charge is 0.0693 e. The van der Waals surface area contributed by atoms with Gasteiger partial charge in [0.05, 0.1) is 6.10 Å². The molecule has 1 saturated carbocycles. The molecule has 2 N–H and O–H groups in total. The zero-order valence-electron chi connectivity index (χ0n) is 10.5. The molecule has 0 aromatic rings. The number of hydrogen-bond acceptors (Lipinski definition) is 3. The highest BCUT2D eigenvalue weighted by Gasteiger charge is 2.24. The molecule has 1 aliphatic carbocycles. The van der Waals surface area contributed by atoms with Crippen LogP contribution in [0.25, 0.3) is 0 Å². The van der Waals surface area contributed by atoms with Gasteiger partial charge in [-0.25, -0.2) is 0 Å². The highest BCUT2D eigenvalue weighted by atomic mass is 16.3. The monoisotopic (exact) mass is 226 g/mol. The normalized spacial score (nSPS) is 34.1. The Balaban J connectivity index is 1.70. The fourth-order valence-electron chi connectivity index (χ4n) is 3.08. The Morgan fingerprint density at radius 3 is 2.56 bits per heavy atom. The number of likely N-dealkylation sites (tertiary alicyclic amines) is 1. The minimum absolute atomic E-state index is 0.116. The Labute approximate surface area is 99.2 Å². The molecule has 1 saturated heterocycles. The van der Waals surface area contributed by atoms with Crippen molar-refractivity contribution in [3.05, 3.63) is 0 Å². The molecule has 0 bridgehead atoms. The van der Waals surface area contributed by atoms with Gasteiger partial charge in [0.25, 0.3) is 0 Å². The van der Waals surface area contributed by atoms with Crippen LogP contribution in [0.2, 0.25) is 0 Å². The molecule has 1 heterocycles. The first-order valence-corrected chi connectivity index (χ1v) is 6.92. The van der Waals surface area contributed by atoms with Crippen LogP contribution < -0.4 is 5.32 Å². The first-order valence-electron chi connectivity index (χ1n) is 6.92. The van der Waals surface area contributed by atoms with Gasteiger partial charge in [-0.05, 0) is 45.7 Å². The van der Waals surface area contributed by atoms with E-state index >= 15 is 0 Å². The Kier molecular flexibility index (Phi) is 4.62. The first-order chi connectivity index (χ1) is 7.75. The van der Waals surface area contributed by atoms with E-state index in [1.807, 2.05) is 0 Å². The Hall–Kier alpha value is -0.120. The van der Waals surface area contributed by atoms with Crippen LogP contribution in [0.5, 0.6) is 0 Å². The third-order valence-corrected chi connectivity index (χ3v) is 3.96. The number of rotatable bonds is 4. The number of hydrogen-bond donors (Lipinski definition) is 2. The molecule has 1 unspecified atom stereocenters. The van der Waals surface area contributed by atoms with Crippen molar-refractivity contribution in [2.75, 3.05) is 19.6 Å². The van der Waals surface area contributed by atoms with Gasteiger partial charge in [-0.2, -0.15) is 0 Å². The molecule has 3 atom stereocenters. The lowest BCUT2D eigenvalue weighted by Crippen LogP contribution is -2.49. The van der Waals surface area contributed by atoms with Gasteiger partial charge in [-0.1, -0.05) is 12.8 Å². The molecular weight excluding hydrogens is 200 g/mol. The van der Waals surface area contributed by atoms with Crippen molar-refractivity contribution in [3.8, 4) is 0 Å². The summed E-state index contributed by atoms with van der Waals surface area (Å²) in [5.41, 5.74) is 0. The SMILES string of the molecule is CC(CN1CCCC1)N[C@@H]1CCCC[C@H]1O. The summed E-state index contributed by atoms with van der Waals surface area (Å²) in [6.45, 7) is 5.92. The lowest BCUT2D eigenvalue weighted by atomic mass is 9.92. The van der Waals surface area contributed by atoms with Gasteiger partial charge >= 0.3 is 0 Å². The van der Waals surface area contributed by atoms with Crippen LogP contribution in [0.3, 0.4) is 0 Å². The summed E-state index contributed by atoms with van der Waals surface area (Å²) >= 11 is 0. The third-order valence-electron chi connectivity index (χ3n) is 3.96. The quantitative estimate of drug-likeness (QED) is 0.760. The van der Waals surface area contributed by atoms with Crippen LogP contribution in [0.15, 0.2) is 0 Å². The van der Waals surface area contributed by atoms with Gasteiger partial charge in [-0.3, -0.25) is 0 Å². The lowest BCUT2D eigenvalue weighted by molar-refractivity contribution is 0.0831. The number of aliphatic hydroxyl groups excluding tert-OH is 1. The van der Waals surface area contributed by atoms with Crippen molar-refractivity contribution in [2.24, 2.45) is 0 Å². The molecule has 2 fully saturated rings. The number of nitrogens with zero attached hydrogens (tertiary/aromatic N) is 1. The standard InChI is InChI=1S/C13H26N2O/c1-11(10-15-8-4-5-9-15)14-12-6-2-3-7-13(12)16/h11-14,16H,2-10H2,1H3/t11?,12-,13-/m1/s1. The minimum atomic E-state index is -0.116. The molecule has 1 aliphatic heterocycles. The van der Waals surface area contributed by atoms with Crippen LogP contribution in [0, 0.1) is 0 Å². The van der Waals surface area contributed by atoms with Crippen molar-refractivity contribution in [1.29, 1.82) is 0 Å². The van der Waals surface area contributed by atoms with Crippen molar-refractivity contribution in [3.63, 3.8) is 0 Å². The van der Waals surface area contributed by atoms with E-state index < -0.39 is 0 Å². The molecule has 0 amide bonds. The van der Waals surface area contributed by atoms with Gasteiger partial charge in [0.2, 0.25) is 0 Å². The Bertz CT molecular complexity index is 204. The van der Waals surface area contributed by atoms with Gasteiger partial charge < -0.3 is 15.3 Å². The van der Waals surface area contributed by atoms with Crippen LogP contribution in [0.1, 0.15) is 45.4 Å². The molecule has 0 spiro atoms. The third kappa shape index (κ3) is 3.44. The summed E-state index contributed by atoms with van der Waals surface area (Å²) in [5, 5.41) is 13.5. The summed E-state index contributed by atoms with van der Waals surface area (Å²) in [6.07, 6.45) is 7.19. The molecule has 3 nitrogen and oxygen atoms in total. The van der Waals surface area contributed by atoms with E-state index in [9.17, 15) is 5.11 Å². The molecule has 3 heteroatoms. The van der Waals surface area contributed by atoms with Crippen molar-refractivity contribution < 1.29 is 5.11 Å². The predicted molar refractivity (Wildman–Crippen MR) is 66.5 cm³/mol. The lowest BCUT2D eigenvalue weighted by Gasteiger charge is -2.32. The molecular formula is C13H26N2O. The number of aliphatic hydroxyl groups is 1. The zero-order chi connectivity index (χ0) is 11.4. The minimum Gasteiger partial charge on any atom is -0.392 e. The summed E-state index contributed by atoms with van der Waals surface area (Å²) in [6, 6.07) is 0.849. The van der Waals surface area contributed by atoms with Crippen molar-refractivity contribution in [1.82, 2.24) is 10.2 Å². The average molecular weight is 226 g/mol. The van der Waals surface area contributed by atoms with Gasteiger partial charge in [-0.15, -0.1) is 0 Å². The van der Waals surface area contributed by atoms with E-state index in [0.29, 0.717) is 12.1 Å². The fraction of sp³-hybridized carbons (Fsp3) is 1.00. The maximum Gasteiger partial charge on any atom is 0.0693 e. The second-order valence-corrected chi connectivity index (χ2v) is 5.53. The topological polar surface area (TPSA) is 35.5 Å². The summed E-state index contributed by atoms with van der Waals surface area (Å²) in [7, 11) is 0. The number of nitrogens with one attached hydrogen (secondary N) is 1. The van der Waals surface area contributed by atoms with E-state index in [4.69, 9.17) is 0 Å². The van der Waals surface area contributed by atoms with Crippen LogP contribution in [-0.4, -0.2) is 47.8 Å². The predicted octanol–water partition coefficient (Wildman–Crippen LogP) is 1.36. The summed E-state index contributed by atoms with van der Waals surface area (Å²) < 4.78 is 0. The van der Waals surface area contributed by atoms with Crippen molar-refractivity contribution in [2.45, 2.75) is 63.6 Å². The molecule has 0 radical (unpaired) electrons. The van der Waals surface area contributed by atoms with E-state index in [-0.39, 0.29) is 6.10 Å².